The van der Waals surface area contributed by atoms with E-state index >= 15 is 0 Å². The molecule has 2 fully saturated rings. The fraction of sp³-hybridized carbons (Fsp3) is 0.450. The molecule has 26 heavy (non-hydrogen) atoms. The highest BCUT2D eigenvalue weighted by Gasteiger charge is 2.31. The Labute approximate surface area is 154 Å². The van der Waals surface area contributed by atoms with E-state index < -0.39 is 0 Å². The first-order valence-electron chi connectivity index (χ1n) is 9.35. The van der Waals surface area contributed by atoms with Gasteiger partial charge in [0.15, 0.2) is 0 Å². The maximum Gasteiger partial charge on any atom is 0.225 e. The summed E-state index contributed by atoms with van der Waals surface area (Å²) >= 11 is 0. The smallest absolute Gasteiger partial charge is 0.225 e. The van der Waals surface area contributed by atoms with Crippen molar-refractivity contribution < 1.29 is 4.79 Å². The van der Waals surface area contributed by atoms with E-state index in [1.54, 1.807) is 0 Å². The molecule has 1 aromatic carbocycles. The van der Waals surface area contributed by atoms with Crippen LogP contribution in [0.15, 0.2) is 36.5 Å². The van der Waals surface area contributed by atoms with E-state index in [-0.39, 0.29) is 5.91 Å². The second-order valence-electron chi connectivity index (χ2n) is 7.10. The van der Waals surface area contributed by atoms with Crippen molar-refractivity contribution in [1.29, 1.82) is 0 Å². The van der Waals surface area contributed by atoms with Crippen LogP contribution in [0.5, 0.6) is 0 Å². The van der Waals surface area contributed by atoms with Crippen LogP contribution in [-0.4, -0.2) is 53.0 Å². The van der Waals surface area contributed by atoms with Crippen molar-refractivity contribution in [2.75, 3.05) is 31.1 Å². The van der Waals surface area contributed by atoms with Gasteiger partial charge in [-0.25, -0.2) is 9.97 Å². The Morgan fingerprint density at radius 3 is 2.50 bits per heavy atom. The van der Waals surface area contributed by atoms with Crippen LogP contribution in [0.3, 0.4) is 0 Å². The highest BCUT2D eigenvalue weighted by Crippen LogP contribution is 2.28. The minimum Gasteiger partial charge on any atom is -0.352 e. The Hall–Kier alpha value is -2.47. The Morgan fingerprint density at radius 1 is 1.12 bits per heavy atom. The molecule has 136 valence electrons. The zero-order chi connectivity index (χ0) is 17.9. The third-order valence-corrected chi connectivity index (χ3v) is 5.09. The average molecular weight is 351 g/mol. The summed E-state index contributed by atoms with van der Waals surface area (Å²) in [5, 5.41) is 2.81. The average Bonchev–Trinajstić information content (AvgIpc) is 3.52. The number of nitrogens with one attached hydrogen (secondary N) is 1. The van der Waals surface area contributed by atoms with Gasteiger partial charge in [0.1, 0.15) is 0 Å². The Kier molecular flexibility index (Phi) is 4.84. The van der Waals surface area contributed by atoms with E-state index in [2.05, 4.69) is 20.1 Å². The van der Waals surface area contributed by atoms with E-state index in [1.807, 2.05) is 36.5 Å². The van der Waals surface area contributed by atoms with Gasteiger partial charge in [-0.1, -0.05) is 24.3 Å². The first-order valence-corrected chi connectivity index (χ1v) is 9.35. The zero-order valence-electron chi connectivity index (χ0n) is 15.2. The molecule has 0 bridgehead atoms. The molecule has 1 aliphatic heterocycles. The van der Waals surface area contributed by atoms with Crippen LogP contribution >= 0.6 is 0 Å². The highest BCUT2D eigenvalue weighted by molar-refractivity contribution is 5.72. The topological polar surface area (TPSA) is 61.4 Å². The summed E-state index contributed by atoms with van der Waals surface area (Å²) in [5.74, 6) is 0.802. The molecule has 2 aromatic rings. The minimum atomic E-state index is -0.0173. The number of hydrogen-bond donors (Lipinski definition) is 1. The van der Waals surface area contributed by atoms with Crippen LogP contribution < -0.4 is 10.2 Å². The molecule has 0 spiro atoms. The number of hydrogen-bond acceptors (Lipinski definition) is 5. The number of carbonyl (C=O) groups is 1. The minimum absolute atomic E-state index is 0.0173. The molecule has 1 aromatic heterocycles. The molecule has 0 atom stereocenters. The van der Waals surface area contributed by atoms with Crippen LogP contribution in [0.4, 0.5) is 5.95 Å². The van der Waals surface area contributed by atoms with E-state index in [0.29, 0.717) is 6.54 Å². The summed E-state index contributed by atoms with van der Waals surface area (Å²) in [6, 6.07) is 10.9. The van der Waals surface area contributed by atoms with E-state index in [0.717, 1.165) is 55.0 Å². The molecule has 1 saturated carbocycles. The van der Waals surface area contributed by atoms with Gasteiger partial charge in [-0.05, 0) is 24.5 Å². The molecule has 0 radical (unpaired) electrons. The molecule has 1 aliphatic carbocycles. The van der Waals surface area contributed by atoms with Gasteiger partial charge >= 0.3 is 0 Å². The largest absolute Gasteiger partial charge is 0.352 e. The summed E-state index contributed by atoms with van der Waals surface area (Å²) in [6.45, 7) is 6.29. The van der Waals surface area contributed by atoms with Crippen LogP contribution in [0, 0.1) is 0 Å². The number of amides is 1. The standard InChI is InChI=1S/C20H25N5O/c1-15(26)22-14-16-2-4-17(5-3-16)19-8-9-21-20(23-19)25-12-10-24(11-13-25)18-6-7-18/h2-5,8-9,18H,6-7,10-14H2,1H3,(H,22,26). The van der Waals surface area contributed by atoms with Gasteiger partial charge in [-0.2, -0.15) is 0 Å². The van der Waals surface area contributed by atoms with Crippen LogP contribution in [0.25, 0.3) is 11.3 Å². The monoisotopic (exact) mass is 351 g/mol. The fourth-order valence-corrected chi connectivity index (χ4v) is 3.41. The summed E-state index contributed by atoms with van der Waals surface area (Å²) in [7, 11) is 0. The number of anilines is 1. The Balaban J connectivity index is 1.43. The molecule has 6 nitrogen and oxygen atoms in total. The van der Waals surface area contributed by atoms with Crippen LogP contribution in [-0.2, 0) is 11.3 Å². The summed E-state index contributed by atoms with van der Waals surface area (Å²) in [6.07, 6.45) is 4.57. The van der Waals surface area contributed by atoms with Crippen molar-refractivity contribution in [1.82, 2.24) is 20.2 Å². The molecular formula is C20H25N5O. The third kappa shape index (κ3) is 4.02. The highest BCUT2D eigenvalue weighted by atomic mass is 16.1. The van der Waals surface area contributed by atoms with Gasteiger partial charge in [0.05, 0.1) is 5.69 Å². The molecule has 1 saturated heterocycles. The quantitative estimate of drug-likeness (QED) is 0.893. The van der Waals surface area contributed by atoms with Crippen LogP contribution in [0.2, 0.25) is 0 Å². The lowest BCUT2D eigenvalue weighted by Gasteiger charge is -2.34. The lowest BCUT2D eigenvalue weighted by molar-refractivity contribution is -0.119. The number of rotatable bonds is 5. The molecule has 1 N–H and O–H groups in total. The van der Waals surface area contributed by atoms with Crippen molar-refractivity contribution in [3.8, 4) is 11.3 Å². The van der Waals surface area contributed by atoms with Crippen molar-refractivity contribution in [3.05, 3.63) is 42.1 Å². The second kappa shape index (κ2) is 7.41. The first kappa shape index (κ1) is 17.0. The molecular weight excluding hydrogens is 326 g/mol. The Bertz CT molecular complexity index is 764. The predicted molar refractivity (Wildman–Crippen MR) is 102 cm³/mol. The van der Waals surface area contributed by atoms with Gasteiger partial charge < -0.3 is 10.2 Å². The zero-order valence-corrected chi connectivity index (χ0v) is 15.2. The van der Waals surface area contributed by atoms with E-state index in [4.69, 9.17) is 4.98 Å². The summed E-state index contributed by atoms with van der Waals surface area (Å²) < 4.78 is 0. The van der Waals surface area contributed by atoms with Gasteiger partial charge in [-0.15, -0.1) is 0 Å². The lowest BCUT2D eigenvalue weighted by Crippen LogP contribution is -2.47. The summed E-state index contributed by atoms with van der Waals surface area (Å²) in [4.78, 5) is 25.2. The van der Waals surface area contributed by atoms with Crippen molar-refractivity contribution in [3.63, 3.8) is 0 Å². The van der Waals surface area contributed by atoms with Gasteiger partial charge in [0.2, 0.25) is 11.9 Å². The molecule has 2 aliphatic rings. The second-order valence-corrected chi connectivity index (χ2v) is 7.10. The third-order valence-electron chi connectivity index (χ3n) is 5.09. The number of carbonyl (C=O) groups excluding carboxylic acids is 1. The summed E-state index contributed by atoms with van der Waals surface area (Å²) in [5.41, 5.74) is 3.08. The SMILES string of the molecule is CC(=O)NCc1ccc(-c2ccnc(N3CCN(C4CC4)CC3)n2)cc1. The number of piperazine rings is 1. The molecule has 4 rings (SSSR count). The molecule has 6 heteroatoms. The van der Waals surface area contributed by atoms with E-state index in [9.17, 15) is 4.79 Å². The van der Waals surface area contributed by atoms with Gasteiger partial charge in [0, 0.05) is 57.4 Å². The number of nitrogens with zero attached hydrogens (tertiary/aromatic N) is 4. The maximum absolute atomic E-state index is 11.0. The fourth-order valence-electron chi connectivity index (χ4n) is 3.41. The normalized spacial score (nSPS) is 18.0. The number of aromatic nitrogens is 2. The van der Waals surface area contributed by atoms with E-state index in [1.165, 1.54) is 19.8 Å². The lowest BCUT2D eigenvalue weighted by atomic mass is 10.1. The number of benzene rings is 1. The molecule has 1 amide bonds. The maximum atomic E-state index is 11.0. The first-order chi connectivity index (χ1) is 12.7. The Morgan fingerprint density at radius 2 is 1.85 bits per heavy atom. The van der Waals surface area contributed by atoms with Crippen molar-refractivity contribution in [2.45, 2.75) is 32.4 Å². The van der Waals surface area contributed by atoms with Gasteiger partial charge in [-0.3, -0.25) is 9.69 Å². The van der Waals surface area contributed by atoms with Crippen LogP contribution in [0.1, 0.15) is 25.3 Å². The van der Waals surface area contributed by atoms with Gasteiger partial charge in [0.25, 0.3) is 0 Å². The molecule has 2 heterocycles. The predicted octanol–water partition coefficient (Wildman–Crippen LogP) is 2.06. The van der Waals surface area contributed by atoms with Crippen molar-refractivity contribution in [2.24, 2.45) is 0 Å². The van der Waals surface area contributed by atoms with Crippen molar-refractivity contribution >= 4 is 11.9 Å². The molecule has 0 unspecified atom stereocenters.